The van der Waals surface area contributed by atoms with Crippen molar-refractivity contribution in [3.63, 3.8) is 0 Å². The minimum Gasteiger partial charge on any atom is -0.434 e. The number of rotatable bonds is 11. The number of amides is 1. The number of benzene rings is 2. The number of thiophene rings is 1. The second-order valence-corrected chi connectivity index (χ2v) is 16.2. The first kappa shape index (κ1) is 35.5. The molecule has 238 valence electrons. The monoisotopic (exact) mass is 670 g/mol. The first-order valence-electron chi connectivity index (χ1n) is 13.5. The molecule has 0 bridgehead atoms. The zero-order chi connectivity index (χ0) is 32.9. The third-order valence-electron chi connectivity index (χ3n) is 6.25. The average molecular weight is 671 g/mol. The van der Waals surface area contributed by atoms with Gasteiger partial charge in [-0.1, -0.05) is 17.7 Å². The maximum atomic E-state index is 14.0. The van der Waals surface area contributed by atoms with E-state index >= 15 is 0 Å². The Morgan fingerprint density at radius 1 is 0.932 bits per heavy atom. The first-order chi connectivity index (χ1) is 20.4. The van der Waals surface area contributed by atoms with Crippen LogP contribution in [0.25, 0.3) is 16.2 Å². The van der Waals surface area contributed by atoms with Crippen molar-refractivity contribution in [3.8, 4) is 0 Å². The Morgan fingerprint density at radius 2 is 1.52 bits per heavy atom. The molecule has 44 heavy (non-hydrogen) atoms. The van der Waals surface area contributed by atoms with Crippen molar-refractivity contribution in [2.75, 3.05) is 20.3 Å². The molecule has 0 saturated carbocycles. The lowest BCUT2D eigenvalue weighted by Crippen LogP contribution is -2.31. The standard InChI is InChI=1S/C31H35ClF2NO7PS/c1-30(2,3)28(37)39-17-41-43(7,42-18-40-29(38)31(4,5)6)26(22-16-44-25-11-9-20(32)15-21(22)25)27(36)35-13-12-19-8-10-23(33)24(34)14-19/h8-16,26H,17-18H2,1-7H3/p+1. The molecule has 0 spiro atoms. The number of nitrogens with one attached hydrogen (secondary N) is 1. The van der Waals surface area contributed by atoms with E-state index in [1.165, 1.54) is 29.7 Å². The largest absolute Gasteiger partial charge is 0.434 e. The van der Waals surface area contributed by atoms with Crippen LogP contribution < -0.4 is 5.32 Å². The quantitative estimate of drug-likeness (QED) is 0.125. The highest BCUT2D eigenvalue weighted by molar-refractivity contribution is 7.67. The van der Waals surface area contributed by atoms with Crippen LogP contribution in [0.1, 0.15) is 58.3 Å². The van der Waals surface area contributed by atoms with Gasteiger partial charge in [0, 0.05) is 26.9 Å². The maximum Gasteiger partial charge on any atom is 0.313 e. The van der Waals surface area contributed by atoms with E-state index in [2.05, 4.69) is 5.32 Å². The van der Waals surface area contributed by atoms with Crippen LogP contribution in [0.3, 0.4) is 0 Å². The second-order valence-electron chi connectivity index (χ2n) is 12.0. The van der Waals surface area contributed by atoms with Crippen LogP contribution in [0.2, 0.25) is 5.02 Å². The SMILES string of the molecule is CC(C)(C)C(=O)OCO[P+](C)(OCOC(=O)C(C)(C)C)C(C(=O)NC=Cc1ccc(F)c(F)c1)c1csc2ccc(Cl)cc12. The van der Waals surface area contributed by atoms with Crippen LogP contribution in [-0.4, -0.2) is 38.1 Å². The lowest BCUT2D eigenvalue weighted by atomic mass is 9.98. The van der Waals surface area contributed by atoms with Gasteiger partial charge in [0.05, 0.1) is 10.8 Å². The van der Waals surface area contributed by atoms with E-state index in [0.29, 0.717) is 21.5 Å². The number of esters is 2. The molecule has 1 heterocycles. The van der Waals surface area contributed by atoms with Crippen molar-refractivity contribution in [1.82, 2.24) is 5.32 Å². The second kappa shape index (κ2) is 14.4. The molecule has 0 saturated heterocycles. The predicted octanol–water partition coefficient (Wildman–Crippen LogP) is 8.27. The number of carbonyl (C=O) groups is 3. The Balaban J connectivity index is 2.02. The van der Waals surface area contributed by atoms with Gasteiger partial charge in [-0.25, -0.2) is 8.78 Å². The Morgan fingerprint density at radius 3 is 2.07 bits per heavy atom. The molecule has 1 atom stereocenters. The van der Waals surface area contributed by atoms with Gasteiger partial charge in [-0.2, -0.15) is 9.05 Å². The Bertz CT molecular complexity index is 1520. The molecule has 1 unspecified atom stereocenters. The van der Waals surface area contributed by atoms with Gasteiger partial charge in [0.25, 0.3) is 13.6 Å². The van der Waals surface area contributed by atoms with Crippen LogP contribution in [0.4, 0.5) is 8.78 Å². The smallest absolute Gasteiger partial charge is 0.313 e. The number of halogens is 3. The van der Waals surface area contributed by atoms with Crippen molar-refractivity contribution in [2.24, 2.45) is 10.8 Å². The molecule has 1 amide bonds. The minimum atomic E-state index is -3.43. The van der Waals surface area contributed by atoms with E-state index in [1.54, 1.807) is 65.7 Å². The van der Waals surface area contributed by atoms with Crippen molar-refractivity contribution in [3.05, 3.63) is 75.8 Å². The number of ether oxygens (including phenoxy) is 2. The average Bonchev–Trinajstić information content (AvgIpc) is 3.32. The third kappa shape index (κ3) is 9.28. The van der Waals surface area contributed by atoms with Gasteiger partial charge in [-0.3, -0.25) is 14.4 Å². The highest BCUT2D eigenvalue weighted by Gasteiger charge is 2.54. The molecule has 0 radical (unpaired) electrons. The molecule has 1 N–H and O–H groups in total. The fraction of sp³-hybridized carbons (Fsp3) is 0.387. The summed E-state index contributed by atoms with van der Waals surface area (Å²) in [6.45, 7) is 10.6. The molecule has 0 fully saturated rings. The van der Waals surface area contributed by atoms with Crippen LogP contribution in [0, 0.1) is 22.5 Å². The van der Waals surface area contributed by atoms with Crippen LogP contribution in [-0.2, 0) is 32.9 Å². The summed E-state index contributed by atoms with van der Waals surface area (Å²) in [5, 5.41) is 5.56. The van der Waals surface area contributed by atoms with E-state index in [9.17, 15) is 23.2 Å². The van der Waals surface area contributed by atoms with E-state index < -0.39 is 67.3 Å². The summed E-state index contributed by atoms with van der Waals surface area (Å²) in [5.74, 6) is -3.68. The van der Waals surface area contributed by atoms with Gasteiger partial charge in [-0.05, 0) is 88.9 Å². The lowest BCUT2D eigenvalue weighted by molar-refractivity contribution is -0.161. The highest BCUT2D eigenvalue weighted by Crippen LogP contribution is 2.69. The molecule has 2 aromatic carbocycles. The van der Waals surface area contributed by atoms with Crippen molar-refractivity contribution >= 4 is 64.7 Å². The lowest BCUT2D eigenvalue weighted by Gasteiger charge is -2.27. The van der Waals surface area contributed by atoms with E-state index in [-0.39, 0.29) is 0 Å². The summed E-state index contributed by atoms with van der Waals surface area (Å²) in [7, 11) is -3.43. The van der Waals surface area contributed by atoms with E-state index in [4.69, 9.17) is 30.1 Å². The topological polar surface area (TPSA) is 100 Å². The predicted molar refractivity (Wildman–Crippen MR) is 169 cm³/mol. The molecule has 0 aliphatic rings. The van der Waals surface area contributed by atoms with E-state index in [0.717, 1.165) is 16.8 Å². The minimum absolute atomic E-state index is 0.307. The summed E-state index contributed by atoms with van der Waals surface area (Å²) in [6.07, 6.45) is 2.68. The van der Waals surface area contributed by atoms with Gasteiger partial charge in [-0.15, -0.1) is 11.3 Å². The zero-order valence-corrected chi connectivity index (χ0v) is 28.0. The zero-order valence-electron chi connectivity index (χ0n) is 25.5. The fourth-order valence-electron chi connectivity index (χ4n) is 3.74. The molecule has 8 nitrogen and oxygen atoms in total. The van der Waals surface area contributed by atoms with Gasteiger partial charge >= 0.3 is 11.9 Å². The van der Waals surface area contributed by atoms with Crippen LogP contribution >= 0.6 is 30.7 Å². The molecule has 13 heteroatoms. The van der Waals surface area contributed by atoms with Gasteiger partial charge in [0.1, 0.15) is 6.66 Å². The van der Waals surface area contributed by atoms with Crippen LogP contribution in [0.15, 0.2) is 48.0 Å². The Kier molecular flexibility index (Phi) is 11.7. The molecular weight excluding hydrogens is 635 g/mol. The normalized spacial score (nSPS) is 13.2. The van der Waals surface area contributed by atoms with Crippen molar-refractivity contribution < 1.29 is 41.7 Å². The van der Waals surface area contributed by atoms with Crippen LogP contribution in [0.5, 0.6) is 0 Å². The number of carbonyl (C=O) groups excluding carboxylic acids is 3. The summed E-state index contributed by atoms with van der Waals surface area (Å²) >= 11 is 7.69. The maximum absolute atomic E-state index is 14.0. The molecular formula is C31H36ClF2NO7PS+. The molecule has 3 rings (SSSR count). The van der Waals surface area contributed by atoms with Crippen molar-refractivity contribution in [1.29, 1.82) is 0 Å². The third-order valence-corrected chi connectivity index (χ3v) is 10.1. The van der Waals surface area contributed by atoms with Gasteiger partial charge in [0.2, 0.25) is 19.2 Å². The number of fused-ring (bicyclic) bond motifs is 1. The molecule has 0 aliphatic carbocycles. The fourth-order valence-corrected chi connectivity index (χ4v) is 7.10. The van der Waals surface area contributed by atoms with Gasteiger partial charge in [0.15, 0.2) is 11.6 Å². The first-order valence-corrected chi connectivity index (χ1v) is 16.9. The summed E-state index contributed by atoms with van der Waals surface area (Å²) in [4.78, 5) is 38.9. The van der Waals surface area contributed by atoms with Crippen molar-refractivity contribution in [2.45, 2.75) is 47.2 Å². The highest BCUT2D eigenvalue weighted by atomic mass is 35.5. The number of hydrogen-bond acceptors (Lipinski definition) is 8. The Hall–Kier alpha value is -2.95. The Labute approximate surface area is 265 Å². The summed E-state index contributed by atoms with van der Waals surface area (Å²) < 4.78 is 50.8. The van der Waals surface area contributed by atoms with Gasteiger partial charge < -0.3 is 14.8 Å². The summed E-state index contributed by atoms with van der Waals surface area (Å²) in [6, 6.07) is 8.57. The summed E-state index contributed by atoms with van der Waals surface area (Å²) in [5.41, 5.74) is -1.94. The molecule has 1 aromatic heterocycles. The van der Waals surface area contributed by atoms with E-state index in [1.807, 2.05) is 6.07 Å². The molecule has 3 aromatic rings. The molecule has 0 aliphatic heterocycles. The number of hydrogen-bond donors (Lipinski definition) is 1.